The zero-order chi connectivity index (χ0) is 9.90. The fraction of sp³-hybridized carbons (Fsp3) is 0.444. The summed E-state index contributed by atoms with van der Waals surface area (Å²) in [6.07, 6.45) is 1.46. The van der Waals surface area contributed by atoms with Gasteiger partial charge in [0.25, 0.3) is 5.91 Å². The van der Waals surface area contributed by atoms with E-state index in [-0.39, 0.29) is 5.91 Å². The fourth-order valence-electron chi connectivity index (χ4n) is 0.828. The minimum atomic E-state index is -0.399. The van der Waals surface area contributed by atoms with Crippen LogP contribution in [0.15, 0.2) is 22.8 Å². The molecule has 0 aromatic carbocycles. The molecule has 0 saturated heterocycles. The van der Waals surface area contributed by atoms with Gasteiger partial charge in [0.05, 0.1) is 6.26 Å². The second-order valence-corrected chi connectivity index (χ2v) is 3.52. The molecule has 1 amide bonds. The number of amides is 1. The van der Waals surface area contributed by atoms with Crippen LogP contribution >= 0.6 is 0 Å². The quantitative estimate of drug-likeness (QED) is 0.724. The molecular weight excluding hydrogens is 168 g/mol. The van der Waals surface area contributed by atoms with Crippen molar-refractivity contribution in [2.45, 2.75) is 19.4 Å². The number of carbonyl (C=O) groups is 1. The van der Waals surface area contributed by atoms with Gasteiger partial charge < -0.3 is 15.5 Å². The van der Waals surface area contributed by atoms with E-state index in [2.05, 4.69) is 5.32 Å². The molecule has 1 aromatic heterocycles. The number of carbonyl (C=O) groups excluding carboxylic acids is 1. The Hall–Kier alpha value is -1.29. The Balaban J connectivity index is 2.61. The van der Waals surface area contributed by atoms with E-state index >= 15 is 0 Å². The molecule has 0 saturated carbocycles. The maximum atomic E-state index is 11.4. The highest BCUT2D eigenvalue weighted by atomic mass is 16.3. The summed E-state index contributed by atoms with van der Waals surface area (Å²) in [6.45, 7) is 4.10. The lowest BCUT2D eigenvalue weighted by Crippen LogP contribution is -2.48. The zero-order valence-electron chi connectivity index (χ0n) is 7.83. The summed E-state index contributed by atoms with van der Waals surface area (Å²) in [4.78, 5) is 11.4. The maximum absolute atomic E-state index is 11.4. The van der Waals surface area contributed by atoms with Crippen molar-refractivity contribution < 1.29 is 9.21 Å². The first-order chi connectivity index (χ1) is 6.05. The van der Waals surface area contributed by atoms with Crippen molar-refractivity contribution >= 4 is 5.91 Å². The molecule has 1 heterocycles. The fourth-order valence-corrected chi connectivity index (χ4v) is 0.828. The number of hydrogen-bond acceptors (Lipinski definition) is 3. The van der Waals surface area contributed by atoms with Gasteiger partial charge in [-0.05, 0) is 26.0 Å². The lowest BCUT2D eigenvalue weighted by molar-refractivity contribution is 0.0887. The van der Waals surface area contributed by atoms with Crippen LogP contribution in [-0.4, -0.2) is 18.0 Å². The van der Waals surface area contributed by atoms with Crippen LogP contribution in [0, 0.1) is 0 Å². The van der Waals surface area contributed by atoms with Crippen molar-refractivity contribution in [2.24, 2.45) is 5.73 Å². The van der Waals surface area contributed by atoms with Gasteiger partial charge in [0.2, 0.25) is 0 Å². The highest BCUT2D eigenvalue weighted by molar-refractivity contribution is 5.91. The van der Waals surface area contributed by atoms with Crippen LogP contribution < -0.4 is 11.1 Å². The molecular formula is C9H14N2O2. The summed E-state index contributed by atoms with van der Waals surface area (Å²) < 4.78 is 4.93. The van der Waals surface area contributed by atoms with Crippen molar-refractivity contribution in [2.75, 3.05) is 6.54 Å². The Kier molecular flexibility index (Phi) is 2.72. The van der Waals surface area contributed by atoms with Gasteiger partial charge in [-0.3, -0.25) is 4.79 Å². The molecule has 1 aromatic rings. The minimum Gasteiger partial charge on any atom is -0.459 e. The number of nitrogens with one attached hydrogen (secondary N) is 1. The van der Waals surface area contributed by atoms with Gasteiger partial charge in [0.1, 0.15) is 0 Å². The van der Waals surface area contributed by atoms with Crippen LogP contribution in [0.1, 0.15) is 24.4 Å². The van der Waals surface area contributed by atoms with E-state index in [4.69, 9.17) is 10.2 Å². The summed E-state index contributed by atoms with van der Waals surface area (Å²) in [5.74, 6) is 0.0713. The third kappa shape index (κ3) is 2.59. The second-order valence-electron chi connectivity index (χ2n) is 3.52. The summed E-state index contributed by atoms with van der Waals surface area (Å²) >= 11 is 0. The van der Waals surface area contributed by atoms with Crippen LogP contribution in [0.4, 0.5) is 0 Å². The van der Waals surface area contributed by atoms with Gasteiger partial charge in [0.15, 0.2) is 5.76 Å². The molecule has 0 aliphatic carbocycles. The van der Waals surface area contributed by atoms with Gasteiger partial charge in [-0.25, -0.2) is 0 Å². The van der Waals surface area contributed by atoms with Gasteiger partial charge in [0, 0.05) is 12.1 Å². The van der Waals surface area contributed by atoms with Crippen LogP contribution in [0.5, 0.6) is 0 Å². The van der Waals surface area contributed by atoms with Crippen LogP contribution in [0.2, 0.25) is 0 Å². The summed E-state index contributed by atoms with van der Waals surface area (Å²) in [5, 5.41) is 2.75. The molecule has 0 spiro atoms. The Labute approximate surface area is 77.1 Å². The van der Waals surface area contributed by atoms with E-state index in [0.29, 0.717) is 12.3 Å². The molecule has 13 heavy (non-hydrogen) atoms. The van der Waals surface area contributed by atoms with E-state index in [9.17, 15) is 4.79 Å². The first-order valence-corrected chi connectivity index (χ1v) is 4.11. The van der Waals surface area contributed by atoms with Crippen molar-refractivity contribution in [1.29, 1.82) is 0 Å². The molecule has 0 atom stereocenters. The van der Waals surface area contributed by atoms with Gasteiger partial charge in [-0.2, -0.15) is 0 Å². The zero-order valence-corrected chi connectivity index (χ0v) is 7.83. The van der Waals surface area contributed by atoms with Gasteiger partial charge in [-0.1, -0.05) is 0 Å². The first kappa shape index (κ1) is 9.80. The molecule has 0 fully saturated rings. The molecule has 72 valence electrons. The van der Waals surface area contributed by atoms with Crippen molar-refractivity contribution in [1.82, 2.24) is 5.32 Å². The Morgan fingerprint density at radius 2 is 2.38 bits per heavy atom. The number of nitrogens with two attached hydrogens (primary N) is 1. The molecule has 0 radical (unpaired) electrons. The number of hydrogen-bond donors (Lipinski definition) is 2. The summed E-state index contributed by atoms with van der Waals surface area (Å²) in [7, 11) is 0. The molecule has 1 rings (SSSR count). The standard InChI is InChI=1S/C9H14N2O2/c1-9(2,6-10)11-8(12)7-4-3-5-13-7/h3-5H,6,10H2,1-2H3,(H,11,12). The largest absolute Gasteiger partial charge is 0.459 e. The maximum Gasteiger partial charge on any atom is 0.287 e. The van der Waals surface area contributed by atoms with Gasteiger partial charge >= 0.3 is 0 Å². The minimum absolute atomic E-state index is 0.236. The molecule has 0 bridgehead atoms. The predicted molar refractivity (Wildman–Crippen MR) is 49.3 cm³/mol. The lowest BCUT2D eigenvalue weighted by atomic mass is 10.1. The normalized spacial score (nSPS) is 11.3. The topological polar surface area (TPSA) is 68.3 Å². The number of furan rings is 1. The highest BCUT2D eigenvalue weighted by Gasteiger charge is 2.20. The monoisotopic (exact) mass is 182 g/mol. The predicted octanol–water partition coefficient (Wildman–Crippen LogP) is 0.747. The van der Waals surface area contributed by atoms with Crippen molar-refractivity contribution in [3.8, 4) is 0 Å². The third-order valence-corrected chi connectivity index (χ3v) is 1.71. The second kappa shape index (κ2) is 3.62. The van der Waals surface area contributed by atoms with Crippen LogP contribution in [-0.2, 0) is 0 Å². The Morgan fingerprint density at radius 3 is 2.85 bits per heavy atom. The molecule has 3 N–H and O–H groups in total. The highest BCUT2D eigenvalue weighted by Crippen LogP contribution is 2.04. The third-order valence-electron chi connectivity index (χ3n) is 1.71. The smallest absolute Gasteiger partial charge is 0.287 e. The van der Waals surface area contributed by atoms with E-state index in [1.54, 1.807) is 12.1 Å². The van der Waals surface area contributed by atoms with Gasteiger partial charge in [-0.15, -0.1) is 0 Å². The van der Waals surface area contributed by atoms with Crippen molar-refractivity contribution in [3.05, 3.63) is 24.2 Å². The Morgan fingerprint density at radius 1 is 1.69 bits per heavy atom. The van der Waals surface area contributed by atoms with E-state index in [0.717, 1.165) is 0 Å². The Bertz CT molecular complexity index is 278. The summed E-state index contributed by atoms with van der Waals surface area (Å²) in [5.41, 5.74) is 5.06. The van der Waals surface area contributed by atoms with E-state index < -0.39 is 5.54 Å². The summed E-state index contributed by atoms with van der Waals surface area (Å²) in [6, 6.07) is 3.28. The molecule has 4 heteroatoms. The number of rotatable bonds is 3. The average molecular weight is 182 g/mol. The lowest BCUT2D eigenvalue weighted by Gasteiger charge is -2.23. The first-order valence-electron chi connectivity index (χ1n) is 4.11. The van der Waals surface area contributed by atoms with Crippen LogP contribution in [0.3, 0.4) is 0 Å². The van der Waals surface area contributed by atoms with Crippen molar-refractivity contribution in [3.63, 3.8) is 0 Å². The average Bonchev–Trinajstić information content (AvgIpc) is 2.55. The van der Waals surface area contributed by atoms with Crippen LogP contribution in [0.25, 0.3) is 0 Å². The molecule has 0 aliphatic rings. The SMILES string of the molecule is CC(C)(CN)NC(=O)c1ccco1. The molecule has 0 unspecified atom stereocenters. The van der Waals surface area contributed by atoms with E-state index in [1.807, 2.05) is 13.8 Å². The molecule has 4 nitrogen and oxygen atoms in total. The molecule has 0 aliphatic heterocycles. The van der Waals surface area contributed by atoms with E-state index in [1.165, 1.54) is 6.26 Å².